The van der Waals surface area contributed by atoms with Crippen LogP contribution in [0.2, 0.25) is 0 Å². The van der Waals surface area contributed by atoms with Crippen molar-refractivity contribution >= 4 is 5.91 Å². The predicted octanol–water partition coefficient (Wildman–Crippen LogP) is 1.11. The van der Waals surface area contributed by atoms with Gasteiger partial charge < -0.3 is 4.90 Å². The number of hydrogen-bond donors (Lipinski definition) is 0. The fraction of sp³-hybridized carbons (Fsp3) is 0.583. The van der Waals surface area contributed by atoms with Gasteiger partial charge >= 0.3 is 0 Å². The summed E-state index contributed by atoms with van der Waals surface area (Å²) < 4.78 is 1.92. The van der Waals surface area contributed by atoms with Crippen LogP contribution in [0, 0.1) is 0 Å². The van der Waals surface area contributed by atoms with Crippen molar-refractivity contribution in [2.45, 2.75) is 31.2 Å². The molecule has 0 bridgehead atoms. The SMILES string of the molecule is C=CC(=O)N1CCC(n2cc(C3CC3)nn2)C1. The first kappa shape index (κ1) is 10.5. The number of rotatable bonds is 3. The zero-order chi connectivity index (χ0) is 11.8. The predicted molar refractivity (Wildman–Crippen MR) is 62.4 cm³/mol. The Morgan fingerprint density at radius 3 is 3.00 bits per heavy atom. The number of likely N-dealkylation sites (tertiary alicyclic amines) is 1. The molecule has 1 unspecified atom stereocenters. The second kappa shape index (κ2) is 3.98. The molecule has 0 aromatic carbocycles. The molecule has 5 nitrogen and oxygen atoms in total. The Morgan fingerprint density at radius 2 is 2.29 bits per heavy atom. The van der Waals surface area contributed by atoms with Gasteiger partial charge in [0.2, 0.25) is 5.91 Å². The minimum absolute atomic E-state index is 0.00929. The van der Waals surface area contributed by atoms with E-state index in [0.717, 1.165) is 25.2 Å². The normalized spacial score (nSPS) is 24.0. The van der Waals surface area contributed by atoms with Gasteiger partial charge in [-0.15, -0.1) is 5.10 Å². The molecule has 2 aliphatic rings. The van der Waals surface area contributed by atoms with Gasteiger partial charge in [0.25, 0.3) is 0 Å². The van der Waals surface area contributed by atoms with Crippen LogP contribution < -0.4 is 0 Å². The third-order valence-corrected chi connectivity index (χ3v) is 3.55. The molecule has 1 amide bonds. The maximum Gasteiger partial charge on any atom is 0.246 e. The summed E-state index contributed by atoms with van der Waals surface area (Å²) in [7, 11) is 0. The zero-order valence-electron chi connectivity index (χ0n) is 9.75. The standard InChI is InChI=1S/C12H16N4O/c1-2-12(17)15-6-5-10(7-15)16-8-11(13-14-16)9-3-4-9/h2,8-10H,1,3-7H2. The number of carbonyl (C=O) groups excluding carboxylic acids is 1. The Balaban J connectivity index is 1.68. The molecule has 5 heteroatoms. The van der Waals surface area contributed by atoms with Crippen LogP contribution in [-0.2, 0) is 4.79 Å². The summed E-state index contributed by atoms with van der Waals surface area (Å²) in [5.41, 5.74) is 1.11. The highest BCUT2D eigenvalue weighted by Crippen LogP contribution is 2.39. The third-order valence-electron chi connectivity index (χ3n) is 3.55. The molecule has 1 atom stereocenters. The number of nitrogens with zero attached hydrogens (tertiary/aromatic N) is 4. The van der Waals surface area contributed by atoms with Crippen LogP contribution in [0.5, 0.6) is 0 Å². The quantitative estimate of drug-likeness (QED) is 0.734. The Morgan fingerprint density at radius 1 is 1.47 bits per heavy atom. The van der Waals surface area contributed by atoms with Crippen molar-refractivity contribution in [3.63, 3.8) is 0 Å². The van der Waals surface area contributed by atoms with Gasteiger partial charge in [-0.05, 0) is 25.3 Å². The molecular weight excluding hydrogens is 216 g/mol. The average Bonchev–Trinajstić information content (AvgIpc) is 2.91. The maximum absolute atomic E-state index is 11.5. The van der Waals surface area contributed by atoms with E-state index in [1.807, 2.05) is 15.8 Å². The second-order valence-corrected chi connectivity index (χ2v) is 4.83. The van der Waals surface area contributed by atoms with Gasteiger partial charge in [0, 0.05) is 25.2 Å². The zero-order valence-corrected chi connectivity index (χ0v) is 9.75. The Hall–Kier alpha value is -1.65. The summed E-state index contributed by atoms with van der Waals surface area (Å²) >= 11 is 0. The van der Waals surface area contributed by atoms with Gasteiger partial charge in [0.05, 0.1) is 11.7 Å². The summed E-state index contributed by atoms with van der Waals surface area (Å²) in [6, 6.07) is 0.277. The Labute approximate surface area is 100 Å². The van der Waals surface area contributed by atoms with E-state index in [9.17, 15) is 4.79 Å². The van der Waals surface area contributed by atoms with E-state index in [1.165, 1.54) is 18.9 Å². The average molecular weight is 232 g/mol. The van der Waals surface area contributed by atoms with Gasteiger partial charge in [0.1, 0.15) is 0 Å². The van der Waals surface area contributed by atoms with Gasteiger partial charge in [-0.1, -0.05) is 11.8 Å². The number of amides is 1. The van der Waals surface area contributed by atoms with Crippen molar-refractivity contribution in [2.75, 3.05) is 13.1 Å². The lowest BCUT2D eigenvalue weighted by Gasteiger charge is -2.13. The molecule has 17 heavy (non-hydrogen) atoms. The summed E-state index contributed by atoms with van der Waals surface area (Å²) in [4.78, 5) is 13.3. The molecule has 1 aliphatic heterocycles. The van der Waals surface area contributed by atoms with Crippen molar-refractivity contribution in [1.29, 1.82) is 0 Å². The van der Waals surface area contributed by atoms with Crippen molar-refractivity contribution in [2.24, 2.45) is 0 Å². The van der Waals surface area contributed by atoms with Crippen LogP contribution in [0.15, 0.2) is 18.9 Å². The van der Waals surface area contributed by atoms with E-state index in [2.05, 4.69) is 16.9 Å². The molecule has 0 spiro atoms. The smallest absolute Gasteiger partial charge is 0.246 e. The van der Waals surface area contributed by atoms with E-state index >= 15 is 0 Å². The summed E-state index contributed by atoms with van der Waals surface area (Å²) in [5.74, 6) is 0.645. The second-order valence-electron chi connectivity index (χ2n) is 4.83. The highest BCUT2D eigenvalue weighted by atomic mass is 16.2. The van der Waals surface area contributed by atoms with Crippen LogP contribution in [0.25, 0.3) is 0 Å². The minimum Gasteiger partial charge on any atom is -0.337 e. The van der Waals surface area contributed by atoms with Crippen molar-refractivity contribution < 1.29 is 4.79 Å². The Bertz CT molecular complexity index is 449. The third kappa shape index (κ3) is 1.97. The molecule has 1 saturated heterocycles. The van der Waals surface area contributed by atoms with Crippen LogP contribution in [0.4, 0.5) is 0 Å². The van der Waals surface area contributed by atoms with Crippen LogP contribution in [0.3, 0.4) is 0 Å². The molecule has 0 N–H and O–H groups in total. The molecule has 3 rings (SSSR count). The molecule has 90 valence electrons. The summed E-state index contributed by atoms with van der Waals surface area (Å²) in [5, 5.41) is 8.38. The van der Waals surface area contributed by atoms with Crippen LogP contribution >= 0.6 is 0 Å². The van der Waals surface area contributed by atoms with E-state index < -0.39 is 0 Å². The topological polar surface area (TPSA) is 51.0 Å². The van der Waals surface area contributed by atoms with E-state index in [-0.39, 0.29) is 11.9 Å². The van der Waals surface area contributed by atoms with Crippen molar-refractivity contribution in [3.8, 4) is 0 Å². The molecule has 1 aromatic heterocycles. The number of carbonyl (C=O) groups is 1. The van der Waals surface area contributed by atoms with Gasteiger partial charge in [-0.3, -0.25) is 4.79 Å². The number of aromatic nitrogens is 3. The van der Waals surface area contributed by atoms with E-state index in [0.29, 0.717) is 5.92 Å². The molecule has 0 radical (unpaired) electrons. The minimum atomic E-state index is 0.00929. The van der Waals surface area contributed by atoms with Gasteiger partial charge in [0.15, 0.2) is 0 Å². The van der Waals surface area contributed by atoms with E-state index in [4.69, 9.17) is 0 Å². The fourth-order valence-electron chi connectivity index (χ4n) is 2.32. The lowest BCUT2D eigenvalue weighted by Crippen LogP contribution is -2.27. The molecule has 1 saturated carbocycles. The first-order chi connectivity index (χ1) is 8.28. The molecule has 1 aliphatic carbocycles. The Kier molecular flexibility index (Phi) is 2.46. The lowest BCUT2D eigenvalue weighted by molar-refractivity contribution is -0.125. The highest BCUT2D eigenvalue weighted by Gasteiger charge is 2.30. The van der Waals surface area contributed by atoms with E-state index in [1.54, 1.807) is 0 Å². The molecule has 2 heterocycles. The largest absolute Gasteiger partial charge is 0.337 e. The van der Waals surface area contributed by atoms with Crippen LogP contribution in [-0.4, -0.2) is 38.9 Å². The first-order valence-corrected chi connectivity index (χ1v) is 6.11. The lowest BCUT2D eigenvalue weighted by atomic mass is 10.2. The monoisotopic (exact) mass is 232 g/mol. The number of hydrogen-bond acceptors (Lipinski definition) is 3. The van der Waals surface area contributed by atoms with Crippen molar-refractivity contribution in [3.05, 3.63) is 24.5 Å². The molecule has 2 fully saturated rings. The molecular formula is C12H16N4O. The summed E-state index contributed by atoms with van der Waals surface area (Å²) in [6.45, 7) is 5.02. The molecule has 1 aromatic rings. The summed E-state index contributed by atoms with van der Waals surface area (Å²) in [6.07, 6.45) is 6.85. The first-order valence-electron chi connectivity index (χ1n) is 6.11. The highest BCUT2D eigenvalue weighted by molar-refractivity contribution is 5.87. The van der Waals surface area contributed by atoms with Gasteiger partial charge in [-0.25, -0.2) is 4.68 Å². The van der Waals surface area contributed by atoms with Crippen molar-refractivity contribution in [1.82, 2.24) is 19.9 Å². The maximum atomic E-state index is 11.5. The van der Waals surface area contributed by atoms with Gasteiger partial charge in [-0.2, -0.15) is 0 Å². The fourth-order valence-corrected chi connectivity index (χ4v) is 2.32. The van der Waals surface area contributed by atoms with Crippen LogP contribution in [0.1, 0.15) is 36.9 Å².